The molecule has 100 valence electrons. The normalized spacial score (nSPS) is 33.3. The molecule has 1 aliphatic heterocycles. The standard InChI is InChI=1S/C12H11NO4S2/c14-6-3-4-12(8(6)9(15)13-11(12)17)19-10(16)7-2-1-5-18-7/h1-2,5-6,8,14H,3-4H2,(H,13,15,17)/t6-,8-,12+/m0/s1. The fourth-order valence-corrected chi connectivity index (χ4v) is 4.78. The second kappa shape index (κ2) is 4.43. The van der Waals surface area contributed by atoms with Gasteiger partial charge in [0, 0.05) is 0 Å². The van der Waals surface area contributed by atoms with Crippen LogP contribution in [0.1, 0.15) is 22.5 Å². The smallest absolute Gasteiger partial charge is 0.244 e. The Morgan fingerprint density at radius 2 is 2.32 bits per heavy atom. The summed E-state index contributed by atoms with van der Waals surface area (Å²) >= 11 is 2.18. The molecule has 2 heterocycles. The van der Waals surface area contributed by atoms with Gasteiger partial charge in [0.25, 0.3) is 0 Å². The van der Waals surface area contributed by atoms with Gasteiger partial charge in [-0.2, -0.15) is 0 Å². The summed E-state index contributed by atoms with van der Waals surface area (Å²) in [6.07, 6.45) is -0.137. The van der Waals surface area contributed by atoms with Crippen molar-refractivity contribution in [3.8, 4) is 0 Å². The average Bonchev–Trinajstić information content (AvgIpc) is 3.01. The van der Waals surface area contributed by atoms with Crippen molar-refractivity contribution >= 4 is 40.0 Å². The van der Waals surface area contributed by atoms with E-state index in [9.17, 15) is 19.5 Å². The first kappa shape index (κ1) is 12.8. The monoisotopic (exact) mass is 297 g/mol. The molecule has 3 atom stereocenters. The van der Waals surface area contributed by atoms with Crippen LogP contribution in [0.4, 0.5) is 0 Å². The van der Waals surface area contributed by atoms with Crippen molar-refractivity contribution in [3.05, 3.63) is 22.4 Å². The predicted octanol–water partition coefficient (Wildman–Crippen LogP) is 0.788. The van der Waals surface area contributed by atoms with Gasteiger partial charge in [-0.15, -0.1) is 11.3 Å². The molecular formula is C12H11NO4S2. The summed E-state index contributed by atoms with van der Waals surface area (Å²) in [6.45, 7) is 0. The molecule has 7 heteroatoms. The molecule has 2 N–H and O–H groups in total. The molecule has 5 nitrogen and oxygen atoms in total. The number of hydrogen-bond donors (Lipinski definition) is 2. The van der Waals surface area contributed by atoms with Gasteiger partial charge in [-0.3, -0.25) is 19.7 Å². The Kier molecular flexibility index (Phi) is 2.99. The lowest BCUT2D eigenvalue weighted by Gasteiger charge is -2.23. The summed E-state index contributed by atoms with van der Waals surface area (Å²) in [5.41, 5.74) is 0. The van der Waals surface area contributed by atoms with Gasteiger partial charge in [-0.1, -0.05) is 17.8 Å². The van der Waals surface area contributed by atoms with Gasteiger partial charge in [-0.25, -0.2) is 0 Å². The van der Waals surface area contributed by atoms with Crippen molar-refractivity contribution in [1.29, 1.82) is 0 Å². The number of nitrogens with one attached hydrogen (secondary N) is 1. The van der Waals surface area contributed by atoms with E-state index in [0.717, 1.165) is 11.8 Å². The number of amides is 2. The summed E-state index contributed by atoms with van der Waals surface area (Å²) in [4.78, 5) is 36.5. The van der Waals surface area contributed by atoms with E-state index < -0.39 is 28.6 Å². The molecule has 1 saturated heterocycles. The Bertz CT molecular complexity index is 556. The Hall–Kier alpha value is -1.18. The van der Waals surface area contributed by atoms with Gasteiger partial charge in [0.15, 0.2) is 0 Å². The molecule has 3 rings (SSSR count). The van der Waals surface area contributed by atoms with E-state index in [4.69, 9.17) is 0 Å². The third-order valence-corrected chi connectivity index (χ3v) is 6.01. The van der Waals surface area contributed by atoms with Crippen LogP contribution in [0.25, 0.3) is 0 Å². The van der Waals surface area contributed by atoms with Crippen molar-refractivity contribution in [1.82, 2.24) is 5.32 Å². The Morgan fingerprint density at radius 1 is 1.53 bits per heavy atom. The highest BCUT2D eigenvalue weighted by molar-refractivity contribution is 8.16. The highest BCUT2D eigenvalue weighted by Crippen LogP contribution is 2.50. The minimum Gasteiger partial charge on any atom is -0.392 e. The Labute approximate surface area is 117 Å². The number of thioether (sulfide) groups is 1. The zero-order valence-electron chi connectivity index (χ0n) is 9.79. The molecule has 0 bridgehead atoms. The van der Waals surface area contributed by atoms with E-state index in [0.29, 0.717) is 17.7 Å². The van der Waals surface area contributed by atoms with Gasteiger partial charge in [0.05, 0.1) is 16.9 Å². The lowest BCUT2D eigenvalue weighted by Crippen LogP contribution is -2.38. The first-order chi connectivity index (χ1) is 9.04. The maximum atomic E-state index is 12.2. The molecule has 1 saturated carbocycles. The van der Waals surface area contributed by atoms with Gasteiger partial charge in [0.2, 0.25) is 16.9 Å². The largest absolute Gasteiger partial charge is 0.392 e. The van der Waals surface area contributed by atoms with Gasteiger partial charge in [0.1, 0.15) is 4.75 Å². The van der Waals surface area contributed by atoms with Crippen LogP contribution in [0.3, 0.4) is 0 Å². The van der Waals surface area contributed by atoms with Crippen molar-refractivity contribution in [3.63, 3.8) is 0 Å². The number of rotatable bonds is 2. The minimum atomic E-state index is -1.13. The predicted molar refractivity (Wildman–Crippen MR) is 70.9 cm³/mol. The van der Waals surface area contributed by atoms with E-state index in [2.05, 4.69) is 5.32 Å². The first-order valence-electron chi connectivity index (χ1n) is 5.85. The van der Waals surface area contributed by atoms with Crippen LogP contribution in [0.2, 0.25) is 0 Å². The maximum absolute atomic E-state index is 12.2. The number of hydrogen-bond acceptors (Lipinski definition) is 6. The summed E-state index contributed by atoms with van der Waals surface area (Å²) in [7, 11) is 0. The molecule has 1 aliphatic carbocycles. The number of carbonyl (C=O) groups excluding carboxylic acids is 3. The highest BCUT2D eigenvalue weighted by atomic mass is 32.2. The summed E-state index contributed by atoms with van der Waals surface area (Å²) < 4.78 is -1.13. The number of carbonyl (C=O) groups is 3. The zero-order chi connectivity index (χ0) is 13.6. The lowest BCUT2D eigenvalue weighted by molar-refractivity contribution is -0.127. The fraction of sp³-hybridized carbons (Fsp3) is 0.417. The van der Waals surface area contributed by atoms with Crippen LogP contribution in [0.5, 0.6) is 0 Å². The van der Waals surface area contributed by atoms with Crippen molar-refractivity contribution in [2.45, 2.75) is 23.7 Å². The SMILES string of the molecule is O=C(S[C@]12CC[C@H](O)[C@H]1C(=O)NC2=O)c1cccs1. The zero-order valence-corrected chi connectivity index (χ0v) is 11.4. The second-order valence-corrected chi connectivity index (χ2v) is 6.91. The third kappa shape index (κ3) is 1.84. The number of thiophene rings is 1. The van der Waals surface area contributed by atoms with Crippen molar-refractivity contribution in [2.24, 2.45) is 5.92 Å². The number of fused-ring (bicyclic) bond motifs is 1. The van der Waals surface area contributed by atoms with Crippen LogP contribution >= 0.6 is 23.1 Å². The van der Waals surface area contributed by atoms with Crippen molar-refractivity contribution < 1.29 is 19.5 Å². The van der Waals surface area contributed by atoms with Gasteiger partial charge >= 0.3 is 0 Å². The minimum absolute atomic E-state index is 0.223. The van der Waals surface area contributed by atoms with E-state index in [1.54, 1.807) is 17.5 Å². The summed E-state index contributed by atoms with van der Waals surface area (Å²) in [5, 5.41) is 13.7. The van der Waals surface area contributed by atoms with E-state index >= 15 is 0 Å². The molecule has 2 aliphatic rings. The second-order valence-electron chi connectivity index (χ2n) is 4.66. The highest BCUT2D eigenvalue weighted by Gasteiger charge is 2.63. The molecule has 0 radical (unpaired) electrons. The Balaban J connectivity index is 1.91. The molecule has 0 spiro atoms. The number of imide groups is 1. The van der Waals surface area contributed by atoms with Crippen LogP contribution < -0.4 is 5.32 Å². The molecular weight excluding hydrogens is 286 g/mol. The van der Waals surface area contributed by atoms with E-state index in [-0.39, 0.29) is 5.12 Å². The third-order valence-electron chi connectivity index (χ3n) is 3.60. The van der Waals surface area contributed by atoms with Gasteiger partial charge < -0.3 is 5.11 Å². The van der Waals surface area contributed by atoms with E-state index in [1.165, 1.54) is 11.3 Å². The van der Waals surface area contributed by atoms with Gasteiger partial charge in [-0.05, 0) is 24.3 Å². The molecule has 0 aromatic carbocycles. The fourth-order valence-electron chi connectivity index (χ4n) is 2.70. The molecule has 1 aromatic heterocycles. The van der Waals surface area contributed by atoms with Crippen LogP contribution in [0, 0.1) is 5.92 Å². The molecule has 2 amide bonds. The summed E-state index contributed by atoms with van der Waals surface area (Å²) in [6, 6.07) is 3.45. The van der Waals surface area contributed by atoms with Crippen LogP contribution in [-0.2, 0) is 9.59 Å². The molecule has 19 heavy (non-hydrogen) atoms. The average molecular weight is 297 g/mol. The van der Waals surface area contributed by atoms with Crippen molar-refractivity contribution in [2.75, 3.05) is 0 Å². The van der Waals surface area contributed by atoms with E-state index in [1.807, 2.05) is 0 Å². The quantitative estimate of drug-likeness (QED) is 0.789. The maximum Gasteiger partial charge on any atom is 0.244 e. The lowest BCUT2D eigenvalue weighted by atomic mass is 9.97. The summed E-state index contributed by atoms with van der Waals surface area (Å²) in [5.74, 6) is -1.73. The molecule has 1 aromatic rings. The van der Waals surface area contributed by atoms with Crippen LogP contribution in [-0.4, -0.2) is 32.9 Å². The number of aliphatic hydroxyl groups excluding tert-OH is 1. The Morgan fingerprint density at radius 3 is 3.00 bits per heavy atom. The molecule has 0 unspecified atom stereocenters. The van der Waals surface area contributed by atoms with Crippen LogP contribution in [0.15, 0.2) is 17.5 Å². The first-order valence-corrected chi connectivity index (χ1v) is 7.54. The topological polar surface area (TPSA) is 83.5 Å². The number of aliphatic hydroxyl groups is 1. The molecule has 2 fully saturated rings.